The Balaban J connectivity index is 1.82. The van der Waals surface area contributed by atoms with E-state index in [1.54, 1.807) is 42.5 Å². The molecule has 1 amide bonds. The van der Waals surface area contributed by atoms with E-state index in [4.69, 9.17) is 11.5 Å². The van der Waals surface area contributed by atoms with E-state index in [0.29, 0.717) is 16.8 Å². The van der Waals surface area contributed by atoms with Gasteiger partial charge in [-0.1, -0.05) is 34.1 Å². The van der Waals surface area contributed by atoms with Crippen molar-refractivity contribution in [3.05, 3.63) is 64.4 Å². The van der Waals surface area contributed by atoms with Gasteiger partial charge in [-0.3, -0.25) is 4.79 Å². The Kier molecular flexibility index (Phi) is 4.62. The average molecular weight is 402 g/mol. The number of anilines is 3. The van der Waals surface area contributed by atoms with Crippen LogP contribution >= 0.6 is 15.9 Å². The van der Waals surface area contributed by atoms with E-state index in [0.717, 1.165) is 4.47 Å². The zero-order valence-electron chi connectivity index (χ0n) is 12.8. The summed E-state index contributed by atoms with van der Waals surface area (Å²) in [6.07, 6.45) is 0. The lowest BCUT2D eigenvalue weighted by molar-refractivity contribution is 0.102. The molecule has 0 bridgehead atoms. The molecule has 0 saturated heterocycles. The lowest BCUT2D eigenvalue weighted by Gasteiger charge is -2.08. The monoisotopic (exact) mass is 401 g/mol. The second kappa shape index (κ2) is 6.86. The quantitative estimate of drug-likeness (QED) is 0.622. The summed E-state index contributed by atoms with van der Waals surface area (Å²) in [6.45, 7) is 0. The summed E-state index contributed by atoms with van der Waals surface area (Å²) in [5, 5.41) is 2.77. The second-order valence-electron chi connectivity index (χ2n) is 5.17. The first-order chi connectivity index (χ1) is 11.9. The molecule has 0 radical (unpaired) electrons. The van der Waals surface area contributed by atoms with Gasteiger partial charge in [-0.25, -0.2) is 9.37 Å². The van der Waals surface area contributed by atoms with Gasteiger partial charge in [0, 0.05) is 21.3 Å². The van der Waals surface area contributed by atoms with E-state index in [2.05, 4.69) is 31.2 Å². The van der Waals surface area contributed by atoms with Gasteiger partial charge in [0.15, 0.2) is 11.6 Å². The minimum absolute atomic E-state index is 0.00914. The van der Waals surface area contributed by atoms with Gasteiger partial charge in [0.05, 0.1) is 0 Å². The van der Waals surface area contributed by atoms with Crippen LogP contribution in [0, 0.1) is 5.82 Å². The molecule has 3 rings (SSSR count). The maximum atomic E-state index is 14.1. The van der Waals surface area contributed by atoms with E-state index in [1.807, 2.05) is 6.07 Å². The van der Waals surface area contributed by atoms with Crippen LogP contribution in [-0.4, -0.2) is 15.9 Å². The van der Waals surface area contributed by atoms with E-state index in [-0.39, 0.29) is 23.4 Å². The molecule has 1 aromatic heterocycles. The largest absolute Gasteiger partial charge is 0.381 e. The topological polar surface area (TPSA) is 107 Å². The van der Waals surface area contributed by atoms with Gasteiger partial charge in [0.1, 0.15) is 5.69 Å². The Bertz CT molecular complexity index is 946. The van der Waals surface area contributed by atoms with Gasteiger partial charge >= 0.3 is 0 Å². The molecule has 126 valence electrons. The number of benzene rings is 2. The standard InChI is InChI=1S/C17H13BrFN5O/c18-11-3-1-2-10(8-11)16(25)22-12-6-4-9(5-7-12)14-13(19)15(20)24-17(21)23-14/h1-8H,(H,22,25)(H4,20,21,23,24). The highest BCUT2D eigenvalue weighted by Crippen LogP contribution is 2.25. The highest BCUT2D eigenvalue weighted by atomic mass is 79.9. The minimum atomic E-state index is -0.736. The second-order valence-corrected chi connectivity index (χ2v) is 6.09. The van der Waals surface area contributed by atoms with E-state index in [9.17, 15) is 9.18 Å². The zero-order valence-corrected chi connectivity index (χ0v) is 14.4. The molecule has 25 heavy (non-hydrogen) atoms. The van der Waals surface area contributed by atoms with Gasteiger partial charge in [-0.05, 0) is 30.3 Å². The molecule has 8 heteroatoms. The average Bonchev–Trinajstić information content (AvgIpc) is 2.59. The van der Waals surface area contributed by atoms with Crippen molar-refractivity contribution in [2.24, 2.45) is 0 Å². The Labute approximate surface area is 151 Å². The number of carbonyl (C=O) groups is 1. The SMILES string of the molecule is Nc1nc(N)c(F)c(-c2ccc(NC(=O)c3cccc(Br)c3)cc2)n1. The number of halogens is 2. The number of nitrogens with one attached hydrogen (secondary N) is 1. The molecule has 1 heterocycles. The normalized spacial score (nSPS) is 10.5. The molecule has 0 aliphatic rings. The van der Waals surface area contributed by atoms with E-state index >= 15 is 0 Å². The maximum absolute atomic E-state index is 14.1. The maximum Gasteiger partial charge on any atom is 0.255 e. The Morgan fingerprint density at radius 2 is 1.80 bits per heavy atom. The number of rotatable bonds is 3. The van der Waals surface area contributed by atoms with Crippen LogP contribution in [0.4, 0.5) is 21.8 Å². The number of nitrogen functional groups attached to an aromatic ring is 2. The van der Waals surface area contributed by atoms with Crippen molar-refractivity contribution in [2.45, 2.75) is 0 Å². The summed E-state index contributed by atoms with van der Waals surface area (Å²) < 4.78 is 14.9. The van der Waals surface area contributed by atoms with Gasteiger partial charge in [0.2, 0.25) is 5.95 Å². The summed E-state index contributed by atoms with van der Waals surface area (Å²) in [7, 11) is 0. The first-order valence-electron chi connectivity index (χ1n) is 7.20. The highest BCUT2D eigenvalue weighted by Gasteiger charge is 2.13. The van der Waals surface area contributed by atoms with Crippen molar-refractivity contribution in [2.75, 3.05) is 16.8 Å². The number of aromatic nitrogens is 2. The third-order valence-electron chi connectivity index (χ3n) is 3.40. The summed E-state index contributed by atoms with van der Waals surface area (Å²) in [6, 6.07) is 13.5. The molecule has 0 unspecified atom stereocenters. The Morgan fingerprint density at radius 1 is 1.08 bits per heavy atom. The van der Waals surface area contributed by atoms with Gasteiger partial charge in [0.25, 0.3) is 5.91 Å². The molecule has 6 nitrogen and oxygen atoms in total. The van der Waals surface area contributed by atoms with Crippen LogP contribution in [0.25, 0.3) is 11.3 Å². The molecular formula is C17H13BrFN5O. The molecule has 2 aromatic carbocycles. The van der Waals surface area contributed by atoms with Crippen molar-refractivity contribution < 1.29 is 9.18 Å². The van der Waals surface area contributed by atoms with Gasteiger partial charge < -0.3 is 16.8 Å². The summed E-state index contributed by atoms with van der Waals surface area (Å²) in [4.78, 5) is 19.7. The molecule has 0 fully saturated rings. The van der Waals surface area contributed by atoms with Crippen molar-refractivity contribution in [3.63, 3.8) is 0 Å². The molecule has 0 saturated carbocycles. The van der Waals surface area contributed by atoms with Gasteiger partial charge in [-0.2, -0.15) is 4.98 Å². The fraction of sp³-hybridized carbons (Fsp3) is 0. The smallest absolute Gasteiger partial charge is 0.255 e. The number of hydrogen-bond donors (Lipinski definition) is 3. The lowest BCUT2D eigenvalue weighted by Crippen LogP contribution is -2.11. The van der Waals surface area contributed by atoms with Crippen LogP contribution in [0.2, 0.25) is 0 Å². The molecule has 5 N–H and O–H groups in total. The Hall–Kier alpha value is -3.00. The number of carbonyl (C=O) groups excluding carboxylic acids is 1. The third-order valence-corrected chi connectivity index (χ3v) is 3.89. The van der Waals surface area contributed by atoms with Crippen molar-refractivity contribution in [1.29, 1.82) is 0 Å². The van der Waals surface area contributed by atoms with Crippen LogP contribution in [0.3, 0.4) is 0 Å². The molecule has 0 atom stereocenters. The molecule has 0 aliphatic carbocycles. The predicted molar refractivity (Wildman–Crippen MR) is 98.3 cm³/mol. The summed E-state index contributed by atoms with van der Waals surface area (Å²) in [5.41, 5.74) is 12.5. The van der Waals surface area contributed by atoms with Crippen molar-refractivity contribution >= 4 is 39.3 Å². The van der Waals surface area contributed by atoms with E-state index < -0.39 is 5.82 Å². The minimum Gasteiger partial charge on any atom is -0.381 e. The fourth-order valence-corrected chi connectivity index (χ4v) is 2.62. The van der Waals surface area contributed by atoms with Crippen LogP contribution in [0.1, 0.15) is 10.4 Å². The number of hydrogen-bond acceptors (Lipinski definition) is 5. The molecular weight excluding hydrogens is 389 g/mol. The lowest BCUT2D eigenvalue weighted by atomic mass is 10.1. The van der Waals surface area contributed by atoms with Gasteiger partial charge in [-0.15, -0.1) is 0 Å². The van der Waals surface area contributed by atoms with Crippen molar-refractivity contribution in [1.82, 2.24) is 9.97 Å². The van der Waals surface area contributed by atoms with Crippen LogP contribution in [0.15, 0.2) is 53.0 Å². The fourth-order valence-electron chi connectivity index (χ4n) is 2.22. The molecule has 0 spiro atoms. The van der Waals surface area contributed by atoms with Crippen LogP contribution in [-0.2, 0) is 0 Å². The van der Waals surface area contributed by atoms with Crippen LogP contribution < -0.4 is 16.8 Å². The third kappa shape index (κ3) is 3.74. The predicted octanol–water partition coefficient (Wildman–Crippen LogP) is 3.46. The van der Waals surface area contributed by atoms with Crippen molar-refractivity contribution in [3.8, 4) is 11.3 Å². The first kappa shape index (κ1) is 16.8. The summed E-state index contributed by atoms with van der Waals surface area (Å²) >= 11 is 3.32. The highest BCUT2D eigenvalue weighted by molar-refractivity contribution is 9.10. The Morgan fingerprint density at radius 3 is 2.48 bits per heavy atom. The molecule has 3 aromatic rings. The molecule has 0 aliphatic heterocycles. The zero-order chi connectivity index (χ0) is 18.0. The number of nitrogens with zero attached hydrogens (tertiary/aromatic N) is 2. The van der Waals surface area contributed by atoms with E-state index in [1.165, 1.54) is 0 Å². The number of nitrogens with two attached hydrogens (primary N) is 2. The number of amides is 1. The van der Waals surface area contributed by atoms with Crippen LogP contribution in [0.5, 0.6) is 0 Å². The first-order valence-corrected chi connectivity index (χ1v) is 7.99. The summed E-state index contributed by atoms with van der Waals surface area (Å²) in [5.74, 6) is -1.41.